The summed E-state index contributed by atoms with van der Waals surface area (Å²) in [7, 11) is -0.486. The molecule has 2 nitrogen and oxygen atoms in total. The number of benzene rings is 2. The maximum atomic E-state index is 11.1. The van der Waals surface area contributed by atoms with Gasteiger partial charge in [0.25, 0.3) is 0 Å². The Hall–Kier alpha value is -1.66. The van der Waals surface area contributed by atoms with Crippen molar-refractivity contribution >= 4 is 19.1 Å². The van der Waals surface area contributed by atoms with Crippen LogP contribution in [0, 0.1) is 5.41 Å². The van der Waals surface area contributed by atoms with Gasteiger partial charge in [-0.15, -0.1) is 0 Å². The molecule has 3 heteroatoms. The maximum Gasteiger partial charge on any atom is 0.119 e. The van der Waals surface area contributed by atoms with E-state index in [-0.39, 0.29) is 16.0 Å². The number of aliphatic imine (C=N–C) groups is 1. The highest BCUT2D eigenvalue weighted by Crippen LogP contribution is 2.68. The summed E-state index contributed by atoms with van der Waals surface area (Å²) in [6.07, 6.45) is 2.17. The Labute approximate surface area is 203 Å². The number of para-hydroxylation sites is 2. The summed E-state index contributed by atoms with van der Waals surface area (Å²) in [6.45, 7) is 23.2. The Bertz CT molecular complexity index is 996. The van der Waals surface area contributed by atoms with Gasteiger partial charge in [-0.05, 0) is 52.2 Å². The molecule has 1 aliphatic rings. The predicted molar refractivity (Wildman–Crippen MR) is 147 cm³/mol. The van der Waals surface area contributed by atoms with Crippen LogP contribution in [0.3, 0.4) is 0 Å². The molecule has 33 heavy (non-hydrogen) atoms. The molecule has 2 unspecified atom stereocenters. The summed E-state index contributed by atoms with van der Waals surface area (Å²) < 4.78 is 0. The largest absolute Gasteiger partial charge is 0.508 e. The number of aromatic hydroxyl groups is 1. The van der Waals surface area contributed by atoms with Crippen LogP contribution in [0.2, 0.25) is 0 Å². The third-order valence-electron chi connectivity index (χ3n) is 7.36. The van der Waals surface area contributed by atoms with Crippen LogP contribution in [0.5, 0.6) is 5.75 Å². The first-order valence-electron chi connectivity index (χ1n) is 12.5. The monoisotopic (exact) mass is 465 g/mol. The van der Waals surface area contributed by atoms with E-state index in [2.05, 4.69) is 99.6 Å². The quantitative estimate of drug-likeness (QED) is 0.448. The average molecular weight is 466 g/mol. The van der Waals surface area contributed by atoms with Crippen molar-refractivity contribution in [1.29, 1.82) is 0 Å². The Morgan fingerprint density at radius 3 is 1.85 bits per heavy atom. The van der Waals surface area contributed by atoms with Crippen LogP contribution in [-0.2, 0) is 5.41 Å². The fourth-order valence-electron chi connectivity index (χ4n) is 5.49. The highest BCUT2D eigenvalue weighted by atomic mass is 31.1. The highest BCUT2D eigenvalue weighted by molar-refractivity contribution is 7.77. The first-order chi connectivity index (χ1) is 15.2. The maximum absolute atomic E-state index is 11.1. The van der Waals surface area contributed by atoms with Crippen molar-refractivity contribution in [2.24, 2.45) is 10.4 Å². The second-order valence-corrected chi connectivity index (χ2v) is 15.3. The molecule has 2 aromatic carbocycles. The minimum atomic E-state index is -0.486. The summed E-state index contributed by atoms with van der Waals surface area (Å²) in [5.41, 5.74) is 5.79. The van der Waals surface area contributed by atoms with E-state index in [0.29, 0.717) is 17.6 Å². The van der Waals surface area contributed by atoms with E-state index >= 15 is 0 Å². The zero-order valence-corrected chi connectivity index (χ0v) is 23.3. The first kappa shape index (κ1) is 26.0. The SMILES string of the molecule is CC(C)c1cccc(C(C)C)c1N=C1P(C(C)(C)C)CCC1(c1ccccc1O)C(C)(C)C. The average Bonchev–Trinajstić information content (AvgIpc) is 3.08. The van der Waals surface area contributed by atoms with E-state index in [4.69, 9.17) is 4.99 Å². The first-order valence-corrected chi connectivity index (χ1v) is 14.0. The van der Waals surface area contributed by atoms with Crippen molar-refractivity contribution in [3.63, 3.8) is 0 Å². The number of rotatable bonds is 4. The van der Waals surface area contributed by atoms with Gasteiger partial charge in [0.05, 0.1) is 11.1 Å². The van der Waals surface area contributed by atoms with Gasteiger partial charge in [0.15, 0.2) is 0 Å². The minimum absolute atomic E-state index is 0.0855. The lowest BCUT2D eigenvalue weighted by atomic mass is 9.61. The Morgan fingerprint density at radius 1 is 0.848 bits per heavy atom. The molecule has 0 radical (unpaired) electrons. The van der Waals surface area contributed by atoms with Gasteiger partial charge in [-0.1, -0.05) is 114 Å². The van der Waals surface area contributed by atoms with Crippen molar-refractivity contribution in [2.75, 3.05) is 6.16 Å². The summed E-state index contributed by atoms with van der Waals surface area (Å²) in [5, 5.41) is 11.3. The number of hydrogen-bond donors (Lipinski definition) is 1. The summed E-state index contributed by atoms with van der Waals surface area (Å²) >= 11 is 0. The zero-order chi connectivity index (χ0) is 24.8. The van der Waals surface area contributed by atoms with Crippen molar-refractivity contribution < 1.29 is 5.11 Å². The molecule has 2 aromatic rings. The molecule has 0 amide bonds. The molecule has 3 rings (SSSR count). The van der Waals surface area contributed by atoms with Gasteiger partial charge in [-0.3, -0.25) is 4.99 Å². The van der Waals surface area contributed by atoms with E-state index in [1.165, 1.54) is 22.3 Å². The Balaban J connectivity index is 2.45. The predicted octanol–water partition coefficient (Wildman–Crippen LogP) is 9.34. The van der Waals surface area contributed by atoms with Gasteiger partial charge in [-0.2, -0.15) is 0 Å². The van der Waals surface area contributed by atoms with E-state index in [1.807, 2.05) is 12.1 Å². The smallest absolute Gasteiger partial charge is 0.119 e. The van der Waals surface area contributed by atoms with E-state index < -0.39 is 7.92 Å². The van der Waals surface area contributed by atoms with E-state index in [1.54, 1.807) is 0 Å². The molecule has 0 aromatic heterocycles. The fourth-order valence-corrected chi connectivity index (χ4v) is 8.81. The molecular weight excluding hydrogens is 421 g/mol. The van der Waals surface area contributed by atoms with Gasteiger partial charge in [-0.25, -0.2) is 0 Å². The number of phenolic OH excluding ortho intramolecular Hbond substituents is 1. The third-order valence-corrected chi connectivity index (χ3v) is 10.6. The van der Waals surface area contributed by atoms with Gasteiger partial charge >= 0.3 is 0 Å². The molecule has 0 aliphatic carbocycles. The van der Waals surface area contributed by atoms with Crippen LogP contribution in [0.15, 0.2) is 47.5 Å². The van der Waals surface area contributed by atoms with Crippen LogP contribution in [0.4, 0.5) is 5.69 Å². The molecular formula is C30H44NOP. The molecule has 0 bridgehead atoms. The summed E-state index contributed by atoms with van der Waals surface area (Å²) in [4.78, 5) is 5.72. The number of phenols is 1. The fraction of sp³-hybridized carbons (Fsp3) is 0.567. The lowest BCUT2D eigenvalue weighted by Gasteiger charge is -2.45. The summed E-state index contributed by atoms with van der Waals surface area (Å²) in [5.74, 6) is 1.20. The topological polar surface area (TPSA) is 32.6 Å². The van der Waals surface area contributed by atoms with Gasteiger partial charge in [0.2, 0.25) is 0 Å². The molecule has 0 spiro atoms. The molecule has 180 valence electrons. The normalized spacial score (nSPS) is 23.2. The molecule has 1 saturated heterocycles. The van der Waals surface area contributed by atoms with Crippen molar-refractivity contribution in [1.82, 2.24) is 0 Å². The molecule has 1 aliphatic heterocycles. The Morgan fingerprint density at radius 2 is 1.39 bits per heavy atom. The van der Waals surface area contributed by atoms with Crippen LogP contribution in [0.1, 0.15) is 104 Å². The van der Waals surface area contributed by atoms with Crippen molar-refractivity contribution in [2.45, 2.75) is 98.1 Å². The number of hydrogen-bond acceptors (Lipinski definition) is 2. The Kier molecular flexibility index (Phi) is 7.22. The second kappa shape index (κ2) is 9.18. The molecule has 1 fully saturated rings. The summed E-state index contributed by atoms with van der Waals surface area (Å²) in [6, 6.07) is 14.7. The van der Waals surface area contributed by atoms with Gasteiger partial charge in [0.1, 0.15) is 5.75 Å². The third kappa shape index (κ3) is 4.66. The highest BCUT2D eigenvalue weighted by Gasteiger charge is 2.56. The molecule has 0 saturated carbocycles. The lowest BCUT2D eigenvalue weighted by molar-refractivity contribution is 0.253. The number of nitrogens with zero attached hydrogens (tertiary/aromatic N) is 1. The second-order valence-electron chi connectivity index (χ2n) is 12.3. The van der Waals surface area contributed by atoms with Gasteiger partial charge in [0, 0.05) is 11.0 Å². The zero-order valence-electron chi connectivity index (χ0n) is 22.5. The van der Waals surface area contributed by atoms with E-state index in [9.17, 15) is 5.11 Å². The van der Waals surface area contributed by atoms with Crippen molar-refractivity contribution in [3.8, 4) is 5.75 Å². The minimum Gasteiger partial charge on any atom is -0.508 e. The van der Waals surface area contributed by atoms with Crippen LogP contribution >= 0.6 is 7.92 Å². The van der Waals surface area contributed by atoms with E-state index in [0.717, 1.165) is 18.1 Å². The van der Waals surface area contributed by atoms with Crippen LogP contribution in [-0.4, -0.2) is 21.9 Å². The van der Waals surface area contributed by atoms with Crippen molar-refractivity contribution in [3.05, 3.63) is 59.2 Å². The standard InChI is InChI=1S/C30H44NOP/c1-20(2)22-14-13-15-23(21(3)4)26(22)31-27-30(28(5,6)7,18-19-33(27)29(8,9)10)24-16-11-12-17-25(24)32/h11-17,20-21,32H,18-19H2,1-10H3. The van der Waals surface area contributed by atoms with Crippen LogP contribution in [0.25, 0.3) is 0 Å². The molecule has 1 heterocycles. The van der Waals surface area contributed by atoms with Gasteiger partial charge < -0.3 is 5.11 Å². The molecule has 1 N–H and O–H groups in total. The molecule has 2 atom stereocenters. The lowest BCUT2D eigenvalue weighted by Crippen LogP contribution is -2.44. The van der Waals surface area contributed by atoms with Crippen LogP contribution < -0.4 is 0 Å².